The van der Waals surface area contributed by atoms with Crippen LogP contribution in [-0.4, -0.2) is 60.6 Å². The van der Waals surface area contributed by atoms with Crippen molar-refractivity contribution in [2.75, 3.05) is 38.3 Å². The Morgan fingerprint density at radius 3 is 2.54 bits per heavy atom. The van der Waals surface area contributed by atoms with Gasteiger partial charge in [-0.15, -0.1) is 11.3 Å². The smallest absolute Gasteiger partial charge is 0.141 e. The number of rotatable bonds is 9. The number of methoxy groups -OCH3 is 1. The van der Waals surface area contributed by atoms with Crippen molar-refractivity contribution in [1.82, 2.24) is 15.3 Å². The molecule has 4 aromatic rings. The first-order valence-corrected chi connectivity index (χ1v) is 12.8. The van der Waals surface area contributed by atoms with Crippen LogP contribution in [-0.2, 0) is 0 Å². The first kappa shape index (κ1) is 23.5. The van der Waals surface area contributed by atoms with Gasteiger partial charge in [-0.05, 0) is 42.7 Å². The fourth-order valence-electron chi connectivity index (χ4n) is 4.45. The molecule has 1 fully saturated rings. The Labute approximate surface area is 209 Å². The second-order valence-corrected chi connectivity index (χ2v) is 9.56. The summed E-state index contributed by atoms with van der Waals surface area (Å²) in [6, 6.07) is 18.2. The summed E-state index contributed by atoms with van der Waals surface area (Å²) in [5.41, 5.74) is 2.39. The third-order valence-corrected chi connectivity index (χ3v) is 7.26. The number of aromatic nitrogens is 2. The highest BCUT2D eigenvalue weighted by Crippen LogP contribution is 2.38. The Bertz CT molecular complexity index is 1220. The average Bonchev–Trinajstić information content (AvgIpc) is 3.36. The number of hydrogen-bond acceptors (Lipinski definition) is 8. The third-order valence-electron chi connectivity index (χ3n) is 6.37. The second kappa shape index (κ2) is 11.0. The monoisotopic (exact) mass is 490 g/mol. The van der Waals surface area contributed by atoms with Gasteiger partial charge in [0.25, 0.3) is 0 Å². The van der Waals surface area contributed by atoms with Gasteiger partial charge in [0.2, 0.25) is 0 Å². The molecule has 0 spiro atoms. The number of nitrogens with zero attached hydrogens (tertiary/aromatic N) is 3. The quantitative estimate of drug-likeness (QED) is 0.361. The van der Waals surface area contributed by atoms with Gasteiger partial charge in [-0.3, -0.25) is 0 Å². The van der Waals surface area contributed by atoms with Crippen molar-refractivity contribution in [2.45, 2.75) is 25.0 Å². The fourth-order valence-corrected chi connectivity index (χ4v) is 5.36. The molecule has 0 radical (unpaired) electrons. The van der Waals surface area contributed by atoms with E-state index in [9.17, 15) is 5.11 Å². The molecule has 0 saturated carbocycles. The maximum absolute atomic E-state index is 10.4. The van der Waals surface area contributed by atoms with Crippen molar-refractivity contribution in [3.05, 3.63) is 66.3 Å². The molecule has 0 amide bonds. The maximum atomic E-state index is 10.4. The zero-order valence-electron chi connectivity index (χ0n) is 19.8. The lowest BCUT2D eigenvalue weighted by Crippen LogP contribution is -2.45. The van der Waals surface area contributed by atoms with Crippen LogP contribution >= 0.6 is 11.3 Å². The van der Waals surface area contributed by atoms with E-state index in [1.807, 2.05) is 30.3 Å². The second-order valence-electron chi connectivity index (χ2n) is 8.70. The molecule has 1 aliphatic rings. The largest absolute Gasteiger partial charge is 0.497 e. The summed E-state index contributed by atoms with van der Waals surface area (Å²) in [5.74, 6) is 2.52. The molecule has 2 aromatic carbocycles. The van der Waals surface area contributed by atoms with E-state index >= 15 is 0 Å². The average molecular weight is 491 g/mol. The highest BCUT2D eigenvalue weighted by Gasteiger charge is 2.24. The molecule has 0 unspecified atom stereocenters. The lowest BCUT2D eigenvalue weighted by molar-refractivity contribution is 0.102. The predicted octanol–water partition coefficient (Wildman–Crippen LogP) is 4.37. The zero-order chi connectivity index (χ0) is 24.0. The molecule has 7 nitrogen and oxygen atoms in total. The van der Waals surface area contributed by atoms with E-state index in [1.54, 1.807) is 24.8 Å². The number of benzene rings is 2. The Morgan fingerprint density at radius 1 is 1.06 bits per heavy atom. The number of ether oxygens (including phenoxy) is 2. The summed E-state index contributed by atoms with van der Waals surface area (Å²) in [7, 11) is 1.63. The highest BCUT2D eigenvalue weighted by atomic mass is 32.1. The molecule has 182 valence electrons. The van der Waals surface area contributed by atoms with Crippen LogP contribution in [0.4, 0.5) is 5.82 Å². The predicted molar refractivity (Wildman–Crippen MR) is 141 cm³/mol. The van der Waals surface area contributed by atoms with E-state index in [0.717, 1.165) is 53.5 Å². The molecule has 5 rings (SSSR count). The van der Waals surface area contributed by atoms with E-state index < -0.39 is 6.10 Å². The van der Waals surface area contributed by atoms with Crippen LogP contribution in [0.2, 0.25) is 0 Å². The van der Waals surface area contributed by atoms with Gasteiger partial charge in [0.05, 0.1) is 12.5 Å². The summed E-state index contributed by atoms with van der Waals surface area (Å²) >= 11 is 1.67. The number of nitrogens with one attached hydrogen (secondary N) is 1. The van der Waals surface area contributed by atoms with Gasteiger partial charge in [-0.25, -0.2) is 9.97 Å². The van der Waals surface area contributed by atoms with Crippen molar-refractivity contribution < 1.29 is 14.6 Å². The van der Waals surface area contributed by atoms with Crippen LogP contribution in [0.15, 0.2) is 66.3 Å². The molecule has 0 bridgehead atoms. The van der Waals surface area contributed by atoms with Crippen molar-refractivity contribution in [1.29, 1.82) is 0 Å². The summed E-state index contributed by atoms with van der Waals surface area (Å²) < 4.78 is 10.9. The number of hydrogen-bond donors (Lipinski definition) is 2. The SMILES string of the molecule is COc1ccc(OC[C@H](O)CNC2CCN(c3ncnc4scc(-c5ccccc5)c34)CC2)cc1. The standard InChI is InChI=1S/C27H30N4O3S/c1-33-22-7-9-23(10-8-22)34-16-21(32)15-28-20-11-13-31(14-12-20)26-25-24(19-5-3-2-4-6-19)17-35-27(25)30-18-29-26/h2-10,17-18,20-21,28,32H,11-16H2,1H3/t21-/m1/s1. The lowest BCUT2D eigenvalue weighted by Gasteiger charge is -2.34. The van der Waals surface area contributed by atoms with Crippen LogP contribution in [0, 0.1) is 0 Å². The van der Waals surface area contributed by atoms with Gasteiger partial charge in [-0.1, -0.05) is 30.3 Å². The van der Waals surface area contributed by atoms with Gasteiger partial charge < -0.3 is 24.8 Å². The van der Waals surface area contributed by atoms with Gasteiger partial charge in [-0.2, -0.15) is 0 Å². The van der Waals surface area contributed by atoms with E-state index in [-0.39, 0.29) is 6.61 Å². The lowest BCUT2D eigenvalue weighted by atomic mass is 10.0. The molecular formula is C27H30N4O3S. The summed E-state index contributed by atoms with van der Waals surface area (Å²) in [6.07, 6.45) is 3.08. The fraction of sp³-hybridized carbons (Fsp3) is 0.333. The topological polar surface area (TPSA) is 79.7 Å². The van der Waals surface area contributed by atoms with Crippen molar-refractivity contribution in [3.63, 3.8) is 0 Å². The Kier molecular flexibility index (Phi) is 7.42. The van der Waals surface area contributed by atoms with Crippen molar-refractivity contribution in [3.8, 4) is 22.6 Å². The van der Waals surface area contributed by atoms with Gasteiger partial charge >= 0.3 is 0 Å². The third kappa shape index (κ3) is 5.56. The van der Waals surface area contributed by atoms with Crippen LogP contribution in [0.25, 0.3) is 21.3 Å². The van der Waals surface area contributed by atoms with Gasteiger partial charge in [0.1, 0.15) is 41.2 Å². The van der Waals surface area contributed by atoms with E-state index in [0.29, 0.717) is 12.6 Å². The molecule has 0 aliphatic carbocycles. The van der Waals surface area contributed by atoms with E-state index in [2.05, 4.69) is 49.8 Å². The van der Waals surface area contributed by atoms with Crippen LogP contribution < -0.4 is 19.7 Å². The number of anilines is 1. The first-order valence-electron chi connectivity index (χ1n) is 11.9. The number of thiophene rings is 1. The molecule has 3 heterocycles. The maximum Gasteiger partial charge on any atom is 0.141 e. The molecular weight excluding hydrogens is 460 g/mol. The zero-order valence-corrected chi connectivity index (χ0v) is 20.6. The normalized spacial score (nSPS) is 15.3. The highest BCUT2D eigenvalue weighted by molar-refractivity contribution is 7.17. The van der Waals surface area contributed by atoms with Crippen LogP contribution in [0.3, 0.4) is 0 Å². The minimum absolute atomic E-state index is 0.248. The Morgan fingerprint density at radius 2 is 1.80 bits per heavy atom. The van der Waals surface area contributed by atoms with Crippen molar-refractivity contribution >= 4 is 27.4 Å². The first-order chi connectivity index (χ1) is 17.2. The van der Waals surface area contributed by atoms with E-state index in [4.69, 9.17) is 9.47 Å². The van der Waals surface area contributed by atoms with Gasteiger partial charge in [0, 0.05) is 36.6 Å². The molecule has 2 aromatic heterocycles. The molecule has 1 saturated heterocycles. The molecule has 2 N–H and O–H groups in total. The van der Waals surface area contributed by atoms with Crippen LogP contribution in [0.1, 0.15) is 12.8 Å². The number of piperidine rings is 1. The number of fused-ring (bicyclic) bond motifs is 1. The van der Waals surface area contributed by atoms with Crippen molar-refractivity contribution in [2.24, 2.45) is 0 Å². The summed E-state index contributed by atoms with van der Waals surface area (Å²) in [6.45, 7) is 2.57. The number of aliphatic hydroxyl groups excluding tert-OH is 1. The molecule has 8 heteroatoms. The summed E-state index contributed by atoms with van der Waals surface area (Å²) in [4.78, 5) is 12.6. The Hall–Kier alpha value is -3.20. The minimum atomic E-state index is -0.573. The molecule has 35 heavy (non-hydrogen) atoms. The minimum Gasteiger partial charge on any atom is -0.497 e. The number of aliphatic hydroxyl groups is 1. The van der Waals surface area contributed by atoms with Crippen LogP contribution in [0.5, 0.6) is 11.5 Å². The Balaban J connectivity index is 1.15. The van der Waals surface area contributed by atoms with Gasteiger partial charge in [0.15, 0.2) is 0 Å². The van der Waals surface area contributed by atoms with E-state index in [1.165, 1.54) is 11.1 Å². The molecule has 1 aliphatic heterocycles. The molecule has 1 atom stereocenters. The summed E-state index contributed by atoms with van der Waals surface area (Å²) in [5, 5.41) is 17.2.